The Labute approximate surface area is 123 Å². The number of aromatic carboxylic acids is 1. The van der Waals surface area contributed by atoms with Crippen molar-refractivity contribution < 1.29 is 14.3 Å². The van der Waals surface area contributed by atoms with Gasteiger partial charge in [0.1, 0.15) is 11.4 Å². The summed E-state index contributed by atoms with van der Waals surface area (Å²) in [5.41, 5.74) is 0.620. The first-order valence-corrected chi connectivity index (χ1v) is 6.55. The van der Waals surface area contributed by atoms with Gasteiger partial charge in [0.2, 0.25) is 0 Å². The second kappa shape index (κ2) is 5.10. The Kier molecular flexibility index (Phi) is 3.25. The van der Waals surface area contributed by atoms with E-state index < -0.39 is 17.3 Å². The molecule has 3 aromatic rings. The molecule has 1 aromatic carbocycles. The molecule has 0 amide bonds. The van der Waals surface area contributed by atoms with Gasteiger partial charge in [0.15, 0.2) is 5.65 Å². The third kappa shape index (κ3) is 2.16. The van der Waals surface area contributed by atoms with E-state index in [9.17, 15) is 14.0 Å². The molecule has 3 rings (SSSR count). The van der Waals surface area contributed by atoms with E-state index >= 15 is 0 Å². The van der Waals surface area contributed by atoms with Crippen LogP contribution in [0.25, 0.3) is 5.65 Å². The fourth-order valence-electron chi connectivity index (χ4n) is 2.35. The number of carbonyl (C=O) groups is 1. The average molecular weight is 301 g/mol. The first-order valence-electron chi connectivity index (χ1n) is 6.55. The number of aromatic nitrogens is 3. The third-order valence-electron chi connectivity index (χ3n) is 3.52. The lowest BCUT2D eigenvalue weighted by molar-refractivity contribution is 0.0698. The Bertz CT molecular complexity index is 943. The molecule has 0 aliphatic carbocycles. The summed E-state index contributed by atoms with van der Waals surface area (Å²) in [4.78, 5) is 27.7. The highest BCUT2D eigenvalue weighted by atomic mass is 19.1. The largest absolute Gasteiger partial charge is 0.477 e. The standard InChI is InChI=1S/C15H12FN3O3/c1-8-10(6-9-4-2-3-5-12(9)16)14(20)19-13(18-8)11(7-17-19)15(21)22/h2-5,7,17H,6H2,1H3,(H,21,22). The predicted octanol–water partition coefficient (Wildman–Crippen LogP) is 1.76. The van der Waals surface area contributed by atoms with E-state index in [-0.39, 0.29) is 17.6 Å². The second-order valence-corrected chi connectivity index (χ2v) is 4.90. The van der Waals surface area contributed by atoms with Crippen molar-refractivity contribution in [3.05, 3.63) is 69.0 Å². The minimum atomic E-state index is -1.17. The SMILES string of the molecule is Cc1nc2c(C(=O)O)c[nH]n2c(=O)c1Cc1ccccc1F. The van der Waals surface area contributed by atoms with Gasteiger partial charge < -0.3 is 5.11 Å². The highest BCUT2D eigenvalue weighted by Gasteiger charge is 2.18. The van der Waals surface area contributed by atoms with Gasteiger partial charge in [-0.25, -0.2) is 18.7 Å². The number of rotatable bonds is 3. The topological polar surface area (TPSA) is 87.5 Å². The highest BCUT2D eigenvalue weighted by molar-refractivity contribution is 5.94. The zero-order valence-corrected chi connectivity index (χ0v) is 11.6. The number of aryl methyl sites for hydroxylation is 1. The van der Waals surface area contributed by atoms with Crippen LogP contribution in [0, 0.1) is 12.7 Å². The van der Waals surface area contributed by atoms with Crippen molar-refractivity contribution in [1.82, 2.24) is 14.6 Å². The van der Waals surface area contributed by atoms with Gasteiger partial charge in [0.05, 0.1) is 0 Å². The van der Waals surface area contributed by atoms with Crippen molar-refractivity contribution in [2.75, 3.05) is 0 Å². The van der Waals surface area contributed by atoms with E-state index in [1.165, 1.54) is 12.3 Å². The molecule has 0 spiro atoms. The Balaban J connectivity index is 2.18. The van der Waals surface area contributed by atoms with E-state index in [4.69, 9.17) is 5.11 Å². The van der Waals surface area contributed by atoms with Gasteiger partial charge in [-0.1, -0.05) is 18.2 Å². The van der Waals surface area contributed by atoms with Crippen LogP contribution in [0.2, 0.25) is 0 Å². The minimum absolute atomic E-state index is 0.0484. The number of halogens is 1. The summed E-state index contributed by atoms with van der Waals surface area (Å²) in [5.74, 6) is -1.57. The summed E-state index contributed by atoms with van der Waals surface area (Å²) in [7, 11) is 0. The molecule has 0 aliphatic heterocycles. The maximum Gasteiger partial charge on any atom is 0.341 e. The fraction of sp³-hybridized carbons (Fsp3) is 0.133. The molecule has 22 heavy (non-hydrogen) atoms. The van der Waals surface area contributed by atoms with Crippen LogP contribution >= 0.6 is 0 Å². The molecular formula is C15H12FN3O3. The first-order chi connectivity index (χ1) is 10.5. The zero-order valence-electron chi connectivity index (χ0n) is 11.6. The smallest absolute Gasteiger partial charge is 0.341 e. The average Bonchev–Trinajstić information content (AvgIpc) is 2.89. The van der Waals surface area contributed by atoms with Gasteiger partial charge in [0.25, 0.3) is 5.56 Å². The summed E-state index contributed by atoms with van der Waals surface area (Å²) < 4.78 is 14.8. The van der Waals surface area contributed by atoms with E-state index in [2.05, 4.69) is 10.1 Å². The third-order valence-corrected chi connectivity index (χ3v) is 3.52. The van der Waals surface area contributed by atoms with Gasteiger partial charge in [-0.05, 0) is 18.6 Å². The van der Waals surface area contributed by atoms with Gasteiger partial charge >= 0.3 is 5.97 Å². The number of carboxylic acids is 1. The molecule has 7 heteroatoms. The lowest BCUT2D eigenvalue weighted by atomic mass is 10.0. The molecule has 0 radical (unpaired) electrons. The predicted molar refractivity (Wildman–Crippen MR) is 76.7 cm³/mol. The van der Waals surface area contributed by atoms with E-state index in [1.807, 2.05) is 0 Å². The van der Waals surface area contributed by atoms with Crippen molar-refractivity contribution in [2.24, 2.45) is 0 Å². The normalized spacial score (nSPS) is 11.0. The fourth-order valence-corrected chi connectivity index (χ4v) is 2.35. The lowest BCUT2D eigenvalue weighted by Gasteiger charge is -2.06. The Morgan fingerprint density at radius 2 is 2.14 bits per heavy atom. The first kappa shape index (κ1) is 14.0. The molecule has 6 nitrogen and oxygen atoms in total. The lowest BCUT2D eigenvalue weighted by Crippen LogP contribution is -2.22. The molecule has 0 aliphatic rings. The van der Waals surface area contributed by atoms with Crippen LogP contribution in [0.5, 0.6) is 0 Å². The second-order valence-electron chi connectivity index (χ2n) is 4.90. The van der Waals surface area contributed by atoms with Crippen LogP contribution < -0.4 is 5.56 Å². The quantitative estimate of drug-likeness (QED) is 0.771. The number of benzene rings is 1. The van der Waals surface area contributed by atoms with Crippen molar-refractivity contribution in [3.8, 4) is 0 Å². The zero-order chi connectivity index (χ0) is 15.9. The summed E-state index contributed by atoms with van der Waals surface area (Å²) in [6.45, 7) is 1.61. The summed E-state index contributed by atoms with van der Waals surface area (Å²) in [6.07, 6.45) is 1.30. The van der Waals surface area contributed by atoms with Gasteiger partial charge in [0, 0.05) is 23.9 Å². The number of hydrogen-bond donors (Lipinski definition) is 2. The number of hydrogen-bond acceptors (Lipinski definition) is 3. The molecule has 0 atom stereocenters. The van der Waals surface area contributed by atoms with Crippen LogP contribution in [0.3, 0.4) is 0 Å². The molecule has 0 fully saturated rings. The van der Waals surface area contributed by atoms with Crippen LogP contribution in [0.4, 0.5) is 4.39 Å². The number of fused-ring (bicyclic) bond motifs is 1. The molecular weight excluding hydrogens is 289 g/mol. The Hall–Kier alpha value is -2.96. The summed E-state index contributed by atoms with van der Waals surface area (Å²) >= 11 is 0. The summed E-state index contributed by atoms with van der Waals surface area (Å²) in [5, 5.41) is 11.6. The molecule has 2 heterocycles. The Morgan fingerprint density at radius 1 is 1.41 bits per heavy atom. The van der Waals surface area contributed by atoms with E-state index in [0.29, 0.717) is 16.8 Å². The van der Waals surface area contributed by atoms with Crippen LogP contribution in [-0.4, -0.2) is 25.7 Å². The van der Waals surface area contributed by atoms with Gasteiger partial charge in [-0.3, -0.25) is 9.89 Å². The van der Waals surface area contributed by atoms with Crippen molar-refractivity contribution in [1.29, 1.82) is 0 Å². The molecule has 0 unspecified atom stereocenters. The molecule has 0 saturated carbocycles. The monoisotopic (exact) mass is 301 g/mol. The van der Waals surface area contributed by atoms with Crippen molar-refractivity contribution in [2.45, 2.75) is 13.3 Å². The molecule has 2 aromatic heterocycles. The number of aromatic amines is 1. The van der Waals surface area contributed by atoms with E-state index in [0.717, 1.165) is 4.52 Å². The van der Waals surface area contributed by atoms with Gasteiger partial charge in [-0.15, -0.1) is 0 Å². The summed E-state index contributed by atoms with van der Waals surface area (Å²) in [6, 6.07) is 6.19. The van der Waals surface area contributed by atoms with Gasteiger partial charge in [-0.2, -0.15) is 0 Å². The molecule has 0 saturated heterocycles. The maximum absolute atomic E-state index is 13.7. The van der Waals surface area contributed by atoms with Crippen LogP contribution in [0.1, 0.15) is 27.2 Å². The maximum atomic E-state index is 13.7. The van der Waals surface area contributed by atoms with Crippen molar-refractivity contribution in [3.63, 3.8) is 0 Å². The minimum Gasteiger partial charge on any atom is -0.477 e. The number of nitrogens with one attached hydrogen (secondary N) is 1. The van der Waals surface area contributed by atoms with Crippen LogP contribution in [0.15, 0.2) is 35.3 Å². The Morgan fingerprint density at radius 3 is 2.82 bits per heavy atom. The molecule has 2 N–H and O–H groups in total. The van der Waals surface area contributed by atoms with E-state index in [1.54, 1.807) is 25.1 Å². The van der Waals surface area contributed by atoms with Crippen molar-refractivity contribution >= 4 is 11.6 Å². The molecule has 0 bridgehead atoms. The number of carboxylic acid groups (broad SMARTS) is 1. The number of H-pyrrole nitrogens is 1. The molecule has 112 valence electrons. The van der Waals surface area contributed by atoms with Crippen LogP contribution in [-0.2, 0) is 6.42 Å². The number of nitrogens with zero attached hydrogens (tertiary/aromatic N) is 2. The highest BCUT2D eigenvalue weighted by Crippen LogP contribution is 2.14.